The number of thiazole rings is 1. The largest absolute Gasteiger partial charge is 0.455 e. The van der Waals surface area contributed by atoms with Gasteiger partial charge in [0.1, 0.15) is 11.3 Å². The van der Waals surface area contributed by atoms with Gasteiger partial charge in [0.2, 0.25) is 0 Å². The van der Waals surface area contributed by atoms with Crippen LogP contribution in [-0.2, 0) is 11.2 Å². The fourth-order valence-corrected chi connectivity index (χ4v) is 2.30. The van der Waals surface area contributed by atoms with Gasteiger partial charge in [-0.3, -0.25) is 0 Å². The quantitative estimate of drug-likeness (QED) is 0.873. The van der Waals surface area contributed by atoms with Crippen LogP contribution in [0.15, 0.2) is 6.20 Å². The van der Waals surface area contributed by atoms with E-state index in [0.717, 1.165) is 16.3 Å². The molecule has 2 aromatic rings. The third-order valence-electron chi connectivity index (χ3n) is 2.23. The standard InChI is InChI=1S/C12H16N4O2S/c1-5-8-13-6-7(19-8)9-10(15-16-14-9)11(17)18-12(2,3)4/h6H,5H2,1-4H3,(H,14,15,16). The molecule has 2 heterocycles. The second-order valence-corrected chi connectivity index (χ2v) is 6.11. The highest BCUT2D eigenvalue weighted by molar-refractivity contribution is 7.15. The summed E-state index contributed by atoms with van der Waals surface area (Å²) in [6, 6.07) is 0. The van der Waals surface area contributed by atoms with Crippen molar-refractivity contribution >= 4 is 17.3 Å². The van der Waals surface area contributed by atoms with Gasteiger partial charge in [-0.2, -0.15) is 10.3 Å². The van der Waals surface area contributed by atoms with Crippen molar-refractivity contribution in [2.45, 2.75) is 39.7 Å². The summed E-state index contributed by atoms with van der Waals surface area (Å²) in [4.78, 5) is 17.1. The van der Waals surface area contributed by atoms with Gasteiger partial charge in [0.25, 0.3) is 0 Å². The first-order chi connectivity index (χ1) is 8.90. The van der Waals surface area contributed by atoms with Crippen LogP contribution in [0, 0.1) is 0 Å². The van der Waals surface area contributed by atoms with Gasteiger partial charge in [-0.1, -0.05) is 6.92 Å². The van der Waals surface area contributed by atoms with E-state index in [0.29, 0.717) is 5.69 Å². The maximum absolute atomic E-state index is 12.0. The van der Waals surface area contributed by atoms with E-state index in [1.54, 1.807) is 6.20 Å². The van der Waals surface area contributed by atoms with Crippen molar-refractivity contribution in [3.63, 3.8) is 0 Å². The van der Waals surface area contributed by atoms with E-state index in [9.17, 15) is 4.79 Å². The second-order valence-electron chi connectivity index (χ2n) is 4.99. The number of esters is 1. The molecule has 102 valence electrons. The molecule has 7 heteroatoms. The summed E-state index contributed by atoms with van der Waals surface area (Å²) in [7, 11) is 0. The molecule has 2 rings (SSSR count). The average molecular weight is 280 g/mol. The molecule has 0 aliphatic heterocycles. The van der Waals surface area contributed by atoms with Gasteiger partial charge in [0, 0.05) is 6.20 Å². The number of aromatic nitrogens is 4. The van der Waals surface area contributed by atoms with E-state index < -0.39 is 11.6 Å². The van der Waals surface area contributed by atoms with Gasteiger partial charge in [0.05, 0.1) is 9.88 Å². The average Bonchev–Trinajstić information content (AvgIpc) is 2.95. The summed E-state index contributed by atoms with van der Waals surface area (Å²) < 4.78 is 5.30. The molecule has 0 fully saturated rings. The third-order valence-corrected chi connectivity index (χ3v) is 3.38. The lowest BCUT2D eigenvalue weighted by Gasteiger charge is -2.18. The maximum atomic E-state index is 12.0. The lowest BCUT2D eigenvalue weighted by Crippen LogP contribution is -2.24. The Balaban J connectivity index is 2.29. The van der Waals surface area contributed by atoms with Gasteiger partial charge in [-0.05, 0) is 27.2 Å². The van der Waals surface area contributed by atoms with Crippen molar-refractivity contribution in [3.05, 3.63) is 16.9 Å². The molecule has 0 bridgehead atoms. The van der Waals surface area contributed by atoms with E-state index >= 15 is 0 Å². The zero-order chi connectivity index (χ0) is 14.0. The fourth-order valence-electron chi connectivity index (χ4n) is 1.45. The number of nitrogens with one attached hydrogen (secondary N) is 1. The molecule has 19 heavy (non-hydrogen) atoms. The van der Waals surface area contributed by atoms with E-state index in [1.165, 1.54) is 11.3 Å². The number of ether oxygens (including phenoxy) is 1. The fraction of sp³-hybridized carbons (Fsp3) is 0.500. The Hall–Kier alpha value is -1.76. The number of hydrogen-bond donors (Lipinski definition) is 1. The van der Waals surface area contributed by atoms with Crippen molar-refractivity contribution in [2.75, 3.05) is 0 Å². The molecule has 2 aromatic heterocycles. The molecule has 1 N–H and O–H groups in total. The summed E-state index contributed by atoms with van der Waals surface area (Å²) in [5.74, 6) is -0.484. The van der Waals surface area contributed by atoms with Crippen LogP contribution in [0.5, 0.6) is 0 Å². The first kappa shape index (κ1) is 13.7. The molecule has 0 aromatic carbocycles. The molecule has 0 radical (unpaired) electrons. The normalized spacial score (nSPS) is 11.6. The summed E-state index contributed by atoms with van der Waals surface area (Å²) in [5, 5.41) is 11.4. The Morgan fingerprint density at radius 2 is 2.16 bits per heavy atom. The molecular formula is C12H16N4O2S. The van der Waals surface area contributed by atoms with Crippen molar-refractivity contribution in [3.8, 4) is 10.6 Å². The number of aromatic amines is 1. The zero-order valence-corrected chi connectivity index (χ0v) is 12.2. The molecule has 0 amide bonds. The van der Waals surface area contributed by atoms with E-state index in [1.807, 2.05) is 27.7 Å². The van der Waals surface area contributed by atoms with E-state index in [2.05, 4.69) is 20.4 Å². The van der Waals surface area contributed by atoms with Gasteiger partial charge < -0.3 is 4.74 Å². The number of carbonyl (C=O) groups excluding carboxylic acids is 1. The topological polar surface area (TPSA) is 80.8 Å². The van der Waals surface area contributed by atoms with Crippen LogP contribution in [0.4, 0.5) is 0 Å². The number of nitrogens with zero attached hydrogens (tertiary/aromatic N) is 3. The molecule has 0 atom stereocenters. The van der Waals surface area contributed by atoms with Gasteiger partial charge in [0.15, 0.2) is 5.69 Å². The van der Waals surface area contributed by atoms with Crippen LogP contribution in [0.2, 0.25) is 0 Å². The SMILES string of the molecule is CCc1ncc(-c2n[nH]nc2C(=O)OC(C)(C)C)s1. The molecule has 0 saturated carbocycles. The Morgan fingerprint density at radius 1 is 1.42 bits per heavy atom. The van der Waals surface area contributed by atoms with Crippen LogP contribution in [-0.4, -0.2) is 32.0 Å². The highest BCUT2D eigenvalue weighted by Gasteiger charge is 2.25. The third kappa shape index (κ3) is 3.17. The number of aryl methyl sites for hydroxylation is 1. The molecule has 0 aliphatic rings. The van der Waals surface area contributed by atoms with E-state index in [4.69, 9.17) is 4.74 Å². The summed E-state index contributed by atoms with van der Waals surface area (Å²) in [6.45, 7) is 7.46. The van der Waals surface area contributed by atoms with Crippen molar-refractivity contribution in [2.24, 2.45) is 0 Å². The number of carbonyl (C=O) groups is 1. The Bertz CT molecular complexity index is 583. The van der Waals surface area contributed by atoms with Gasteiger partial charge in [-0.15, -0.1) is 16.4 Å². The predicted octanol–water partition coefficient (Wildman–Crippen LogP) is 2.45. The molecule has 0 spiro atoms. The van der Waals surface area contributed by atoms with Crippen LogP contribution >= 0.6 is 11.3 Å². The molecule has 6 nitrogen and oxygen atoms in total. The minimum atomic E-state index is -0.560. The zero-order valence-electron chi connectivity index (χ0n) is 11.4. The summed E-state index contributed by atoms with van der Waals surface area (Å²) in [5.41, 5.74) is 0.128. The highest BCUT2D eigenvalue weighted by atomic mass is 32.1. The number of rotatable bonds is 3. The van der Waals surface area contributed by atoms with Crippen molar-refractivity contribution < 1.29 is 9.53 Å². The van der Waals surface area contributed by atoms with Crippen molar-refractivity contribution in [1.82, 2.24) is 20.4 Å². The van der Waals surface area contributed by atoms with Crippen LogP contribution in [0.25, 0.3) is 10.6 Å². The Kier molecular flexibility index (Phi) is 3.66. The predicted molar refractivity (Wildman–Crippen MR) is 72.0 cm³/mol. The summed E-state index contributed by atoms with van der Waals surface area (Å²) >= 11 is 1.50. The Labute approximate surface area is 115 Å². The molecular weight excluding hydrogens is 264 g/mol. The highest BCUT2D eigenvalue weighted by Crippen LogP contribution is 2.27. The summed E-state index contributed by atoms with van der Waals surface area (Å²) in [6.07, 6.45) is 2.56. The minimum absolute atomic E-state index is 0.196. The smallest absolute Gasteiger partial charge is 0.361 e. The van der Waals surface area contributed by atoms with Gasteiger partial charge >= 0.3 is 5.97 Å². The van der Waals surface area contributed by atoms with Crippen LogP contribution in [0.3, 0.4) is 0 Å². The second kappa shape index (κ2) is 5.08. The lowest BCUT2D eigenvalue weighted by molar-refractivity contribution is 0.00638. The number of hydrogen-bond acceptors (Lipinski definition) is 6. The van der Waals surface area contributed by atoms with Crippen LogP contribution in [0.1, 0.15) is 43.2 Å². The lowest BCUT2D eigenvalue weighted by atomic mass is 10.2. The molecule has 0 saturated heterocycles. The van der Waals surface area contributed by atoms with Crippen molar-refractivity contribution in [1.29, 1.82) is 0 Å². The first-order valence-corrected chi connectivity index (χ1v) is 6.81. The number of H-pyrrole nitrogens is 1. The maximum Gasteiger partial charge on any atom is 0.361 e. The van der Waals surface area contributed by atoms with Crippen LogP contribution < -0.4 is 0 Å². The van der Waals surface area contributed by atoms with E-state index in [-0.39, 0.29) is 5.69 Å². The molecule has 0 unspecified atom stereocenters. The Morgan fingerprint density at radius 3 is 2.74 bits per heavy atom. The van der Waals surface area contributed by atoms with Gasteiger partial charge in [-0.25, -0.2) is 9.78 Å². The first-order valence-electron chi connectivity index (χ1n) is 6.00. The molecule has 0 aliphatic carbocycles. The minimum Gasteiger partial charge on any atom is -0.455 e. The monoisotopic (exact) mass is 280 g/mol.